The number of benzene rings is 2. The van der Waals surface area contributed by atoms with E-state index < -0.39 is 0 Å². The SMILES string of the molecule is Clc1ccc(CSC=CC(=Nc2ccccc2)Oc2ccccc2)cn1. The number of nitrogens with zero attached hydrogens (tertiary/aromatic N) is 2. The summed E-state index contributed by atoms with van der Waals surface area (Å²) in [7, 11) is 0. The van der Waals surface area contributed by atoms with Crippen LogP contribution in [0.15, 0.2) is 95.5 Å². The minimum atomic E-state index is 0.503. The summed E-state index contributed by atoms with van der Waals surface area (Å²) in [6.07, 6.45) is 3.65. The van der Waals surface area contributed by atoms with Crippen LogP contribution in [0.3, 0.4) is 0 Å². The fourth-order valence-electron chi connectivity index (χ4n) is 2.08. The fraction of sp³-hybridized carbons (Fsp3) is 0.0476. The molecule has 0 unspecified atom stereocenters. The first-order valence-electron chi connectivity index (χ1n) is 8.05. The third-order valence-electron chi connectivity index (χ3n) is 3.31. The first-order chi connectivity index (χ1) is 12.8. The van der Waals surface area contributed by atoms with Crippen LogP contribution in [0.2, 0.25) is 5.15 Å². The van der Waals surface area contributed by atoms with Crippen LogP contribution < -0.4 is 4.74 Å². The molecule has 0 saturated carbocycles. The maximum Gasteiger partial charge on any atom is 0.220 e. The standard InChI is InChI=1S/C21H17ClN2OS/c22-20-12-11-17(15-23-20)16-26-14-13-21(24-18-7-3-1-4-8-18)25-19-9-5-2-6-10-19/h1-15H,16H2. The molecular formula is C21H17ClN2OS. The largest absolute Gasteiger partial charge is 0.439 e. The van der Waals surface area contributed by atoms with Crippen LogP contribution in [0.25, 0.3) is 0 Å². The van der Waals surface area contributed by atoms with E-state index in [1.54, 1.807) is 24.0 Å². The van der Waals surface area contributed by atoms with Gasteiger partial charge < -0.3 is 4.74 Å². The number of ether oxygens (including phenoxy) is 1. The normalized spacial score (nSPS) is 11.7. The van der Waals surface area contributed by atoms with Crippen molar-refractivity contribution in [1.82, 2.24) is 4.98 Å². The molecule has 0 N–H and O–H groups in total. The summed E-state index contributed by atoms with van der Waals surface area (Å²) in [6, 6.07) is 23.1. The topological polar surface area (TPSA) is 34.5 Å². The number of thioether (sulfide) groups is 1. The second-order valence-electron chi connectivity index (χ2n) is 5.30. The highest BCUT2D eigenvalue weighted by Gasteiger charge is 2.00. The number of aromatic nitrogens is 1. The molecule has 3 nitrogen and oxygen atoms in total. The van der Waals surface area contributed by atoms with E-state index in [2.05, 4.69) is 9.98 Å². The smallest absolute Gasteiger partial charge is 0.220 e. The molecule has 0 aliphatic heterocycles. The van der Waals surface area contributed by atoms with Gasteiger partial charge in [-0.1, -0.05) is 54.1 Å². The number of para-hydroxylation sites is 2. The van der Waals surface area contributed by atoms with Crippen molar-refractivity contribution in [2.24, 2.45) is 4.99 Å². The molecule has 0 saturated heterocycles. The molecule has 5 heteroatoms. The Kier molecular flexibility index (Phi) is 6.88. The quantitative estimate of drug-likeness (QED) is 0.286. The Morgan fingerprint density at radius 3 is 2.42 bits per heavy atom. The van der Waals surface area contributed by atoms with Crippen molar-refractivity contribution >= 4 is 34.9 Å². The molecule has 0 aliphatic carbocycles. The van der Waals surface area contributed by atoms with Gasteiger partial charge in [-0.2, -0.15) is 0 Å². The molecular weight excluding hydrogens is 364 g/mol. The second-order valence-corrected chi connectivity index (χ2v) is 6.59. The highest BCUT2D eigenvalue weighted by atomic mass is 35.5. The maximum absolute atomic E-state index is 5.91. The molecule has 3 rings (SSSR count). The molecule has 0 aliphatic rings. The van der Waals surface area contributed by atoms with Crippen LogP contribution >= 0.6 is 23.4 Å². The summed E-state index contributed by atoms with van der Waals surface area (Å²) in [5.74, 6) is 2.08. The maximum atomic E-state index is 5.91. The molecule has 0 spiro atoms. The molecule has 0 amide bonds. The second kappa shape index (κ2) is 9.80. The van der Waals surface area contributed by atoms with Gasteiger partial charge in [0.15, 0.2) is 0 Å². The lowest BCUT2D eigenvalue weighted by atomic mass is 10.3. The number of pyridine rings is 1. The van der Waals surface area contributed by atoms with Gasteiger partial charge in [-0.25, -0.2) is 9.98 Å². The summed E-state index contributed by atoms with van der Waals surface area (Å²) in [4.78, 5) is 8.66. The van der Waals surface area contributed by atoms with E-state index in [9.17, 15) is 0 Å². The van der Waals surface area contributed by atoms with Crippen molar-refractivity contribution in [3.63, 3.8) is 0 Å². The minimum Gasteiger partial charge on any atom is -0.439 e. The van der Waals surface area contributed by atoms with Crippen molar-refractivity contribution in [1.29, 1.82) is 0 Å². The summed E-state index contributed by atoms with van der Waals surface area (Å²) < 4.78 is 5.91. The highest BCUT2D eigenvalue weighted by molar-refractivity contribution is 8.01. The molecule has 3 aromatic rings. The van der Waals surface area contributed by atoms with Gasteiger partial charge in [0.25, 0.3) is 0 Å². The first kappa shape index (κ1) is 18.2. The van der Waals surface area contributed by atoms with Crippen LogP contribution in [0.1, 0.15) is 5.56 Å². The molecule has 0 radical (unpaired) electrons. The Labute approximate surface area is 162 Å². The minimum absolute atomic E-state index is 0.503. The molecule has 1 heterocycles. The van der Waals surface area contributed by atoms with E-state index in [0.717, 1.165) is 22.8 Å². The van der Waals surface area contributed by atoms with Gasteiger partial charge in [0.05, 0.1) is 5.69 Å². The molecule has 130 valence electrons. The summed E-state index contributed by atoms with van der Waals surface area (Å²) in [6.45, 7) is 0. The van der Waals surface area contributed by atoms with Crippen LogP contribution in [0.5, 0.6) is 5.75 Å². The van der Waals surface area contributed by atoms with Gasteiger partial charge in [0, 0.05) is 18.0 Å². The van der Waals surface area contributed by atoms with E-state index in [1.165, 1.54) is 0 Å². The average Bonchev–Trinajstić information content (AvgIpc) is 2.68. The Balaban J connectivity index is 1.68. The Morgan fingerprint density at radius 2 is 1.73 bits per heavy atom. The van der Waals surface area contributed by atoms with Crippen LogP contribution in [0.4, 0.5) is 5.69 Å². The zero-order valence-corrected chi connectivity index (χ0v) is 15.5. The number of halogens is 1. The van der Waals surface area contributed by atoms with E-state index in [-0.39, 0.29) is 0 Å². The summed E-state index contributed by atoms with van der Waals surface area (Å²) >= 11 is 7.44. The van der Waals surface area contributed by atoms with Gasteiger partial charge in [0.1, 0.15) is 10.9 Å². The van der Waals surface area contributed by atoms with Gasteiger partial charge in [-0.3, -0.25) is 0 Å². The predicted octanol–water partition coefficient (Wildman–Crippen LogP) is 6.29. The molecule has 2 aromatic carbocycles. The van der Waals surface area contributed by atoms with E-state index in [0.29, 0.717) is 11.1 Å². The van der Waals surface area contributed by atoms with Crippen LogP contribution in [-0.4, -0.2) is 10.9 Å². The van der Waals surface area contributed by atoms with Gasteiger partial charge in [-0.15, -0.1) is 11.8 Å². The Hall–Kier alpha value is -2.56. The number of aliphatic imine (C=N–C) groups is 1. The fourth-order valence-corrected chi connectivity index (χ4v) is 2.86. The Morgan fingerprint density at radius 1 is 1.00 bits per heavy atom. The molecule has 0 atom stereocenters. The van der Waals surface area contributed by atoms with E-state index >= 15 is 0 Å². The van der Waals surface area contributed by atoms with Crippen molar-refractivity contribution < 1.29 is 4.74 Å². The summed E-state index contributed by atoms with van der Waals surface area (Å²) in [5, 5.41) is 2.47. The number of hydrogen-bond donors (Lipinski definition) is 0. The molecule has 1 aromatic heterocycles. The zero-order chi connectivity index (χ0) is 18.0. The zero-order valence-electron chi connectivity index (χ0n) is 14.0. The van der Waals surface area contributed by atoms with Crippen molar-refractivity contribution in [2.45, 2.75) is 5.75 Å². The first-order valence-corrected chi connectivity index (χ1v) is 9.47. The lowest BCUT2D eigenvalue weighted by molar-refractivity contribution is 0.556. The van der Waals surface area contributed by atoms with Gasteiger partial charge in [-0.05, 0) is 41.3 Å². The molecule has 0 bridgehead atoms. The molecule has 0 fully saturated rings. The summed E-state index contributed by atoms with van der Waals surface area (Å²) in [5.41, 5.74) is 1.95. The third-order valence-corrected chi connectivity index (χ3v) is 4.36. The monoisotopic (exact) mass is 380 g/mol. The highest BCUT2D eigenvalue weighted by Crippen LogP contribution is 2.17. The van der Waals surface area contributed by atoms with Crippen LogP contribution in [-0.2, 0) is 5.75 Å². The lowest BCUT2D eigenvalue weighted by Gasteiger charge is -2.05. The predicted molar refractivity (Wildman–Crippen MR) is 110 cm³/mol. The van der Waals surface area contributed by atoms with Crippen molar-refractivity contribution in [3.8, 4) is 5.75 Å². The van der Waals surface area contributed by atoms with E-state index in [4.69, 9.17) is 16.3 Å². The third kappa shape index (κ3) is 6.06. The van der Waals surface area contributed by atoms with E-state index in [1.807, 2.05) is 78.2 Å². The van der Waals surface area contributed by atoms with Crippen molar-refractivity contribution in [3.05, 3.63) is 101 Å². The number of rotatable bonds is 6. The van der Waals surface area contributed by atoms with Gasteiger partial charge >= 0.3 is 0 Å². The Bertz CT molecular complexity index is 866. The lowest BCUT2D eigenvalue weighted by Crippen LogP contribution is -2.04. The molecule has 26 heavy (non-hydrogen) atoms. The number of hydrogen-bond acceptors (Lipinski definition) is 4. The van der Waals surface area contributed by atoms with Crippen molar-refractivity contribution in [2.75, 3.05) is 0 Å². The van der Waals surface area contributed by atoms with Gasteiger partial charge in [0.2, 0.25) is 5.90 Å². The van der Waals surface area contributed by atoms with Crippen LogP contribution in [0, 0.1) is 0 Å². The average molecular weight is 381 g/mol.